The van der Waals surface area contributed by atoms with Crippen LogP contribution < -0.4 is 10.1 Å². The van der Waals surface area contributed by atoms with Crippen LogP contribution in [-0.2, 0) is 6.54 Å². The number of aromatic nitrogens is 2. The summed E-state index contributed by atoms with van der Waals surface area (Å²) in [5, 5.41) is 12.0. The Morgan fingerprint density at radius 2 is 1.90 bits per heavy atom. The summed E-state index contributed by atoms with van der Waals surface area (Å²) in [5.41, 5.74) is 3.69. The van der Waals surface area contributed by atoms with E-state index in [4.69, 9.17) is 10.00 Å². The molecule has 0 amide bonds. The number of benzene rings is 1. The Morgan fingerprint density at radius 3 is 2.50 bits per heavy atom. The van der Waals surface area contributed by atoms with Gasteiger partial charge in [0.2, 0.25) is 0 Å². The Morgan fingerprint density at radius 1 is 1.20 bits per heavy atom. The first-order valence-corrected chi connectivity index (χ1v) is 6.24. The predicted molar refractivity (Wildman–Crippen MR) is 76.5 cm³/mol. The molecule has 0 bridgehead atoms. The SMILES string of the molecule is COc1c(C)cc(CNc2cc(C#N)ncn2)cc1C. The zero-order valence-electron chi connectivity index (χ0n) is 11.8. The van der Waals surface area contributed by atoms with Gasteiger partial charge in [0.25, 0.3) is 0 Å². The van der Waals surface area contributed by atoms with Gasteiger partial charge in [-0.15, -0.1) is 0 Å². The Bertz CT molecular complexity index is 638. The molecule has 0 saturated carbocycles. The molecule has 0 radical (unpaired) electrons. The van der Waals surface area contributed by atoms with Crippen LogP contribution in [0.25, 0.3) is 0 Å². The molecule has 1 heterocycles. The molecule has 102 valence electrons. The molecule has 0 atom stereocenters. The number of ether oxygens (including phenoxy) is 1. The van der Waals surface area contributed by atoms with Gasteiger partial charge in [0, 0.05) is 12.6 Å². The maximum Gasteiger partial charge on any atom is 0.145 e. The number of nitriles is 1. The maximum absolute atomic E-state index is 8.80. The lowest BCUT2D eigenvalue weighted by molar-refractivity contribution is 0.408. The summed E-state index contributed by atoms with van der Waals surface area (Å²) in [6, 6.07) is 7.77. The maximum atomic E-state index is 8.80. The van der Waals surface area contributed by atoms with E-state index >= 15 is 0 Å². The molecule has 0 fully saturated rings. The fourth-order valence-electron chi connectivity index (χ4n) is 2.17. The summed E-state index contributed by atoms with van der Waals surface area (Å²) in [4.78, 5) is 7.92. The van der Waals surface area contributed by atoms with Crippen molar-refractivity contribution in [1.82, 2.24) is 9.97 Å². The van der Waals surface area contributed by atoms with Crippen LogP contribution in [0.15, 0.2) is 24.5 Å². The molecule has 0 spiro atoms. The van der Waals surface area contributed by atoms with Gasteiger partial charge in [-0.1, -0.05) is 12.1 Å². The van der Waals surface area contributed by atoms with Gasteiger partial charge in [-0.05, 0) is 30.5 Å². The quantitative estimate of drug-likeness (QED) is 0.922. The highest BCUT2D eigenvalue weighted by atomic mass is 16.5. The number of methoxy groups -OCH3 is 1. The Labute approximate surface area is 118 Å². The molecule has 20 heavy (non-hydrogen) atoms. The van der Waals surface area contributed by atoms with Gasteiger partial charge >= 0.3 is 0 Å². The lowest BCUT2D eigenvalue weighted by atomic mass is 10.1. The molecule has 1 N–H and O–H groups in total. The zero-order chi connectivity index (χ0) is 14.5. The van der Waals surface area contributed by atoms with Crippen molar-refractivity contribution < 1.29 is 4.74 Å². The zero-order valence-corrected chi connectivity index (χ0v) is 11.8. The highest BCUT2D eigenvalue weighted by Crippen LogP contribution is 2.24. The largest absolute Gasteiger partial charge is 0.496 e. The van der Waals surface area contributed by atoms with Crippen molar-refractivity contribution in [3.8, 4) is 11.8 Å². The van der Waals surface area contributed by atoms with Crippen LogP contribution in [0, 0.1) is 25.2 Å². The first-order valence-electron chi connectivity index (χ1n) is 6.24. The van der Waals surface area contributed by atoms with E-state index in [0.29, 0.717) is 18.1 Å². The number of anilines is 1. The van der Waals surface area contributed by atoms with E-state index in [1.165, 1.54) is 6.33 Å². The van der Waals surface area contributed by atoms with E-state index in [9.17, 15) is 0 Å². The van der Waals surface area contributed by atoms with Gasteiger partial charge in [0.15, 0.2) is 0 Å². The van der Waals surface area contributed by atoms with Gasteiger partial charge in [-0.2, -0.15) is 5.26 Å². The van der Waals surface area contributed by atoms with E-state index < -0.39 is 0 Å². The average Bonchev–Trinajstić information content (AvgIpc) is 2.45. The van der Waals surface area contributed by atoms with E-state index in [1.54, 1.807) is 13.2 Å². The first-order chi connectivity index (χ1) is 9.63. The van der Waals surface area contributed by atoms with Gasteiger partial charge in [0.1, 0.15) is 29.7 Å². The molecule has 0 saturated heterocycles. The highest BCUT2D eigenvalue weighted by molar-refractivity contribution is 5.45. The van der Waals surface area contributed by atoms with Crippen molar-refractivity contribution in [3.05, 3.63) is 46.9 Å². The molecule has 0 aliphatic heterocycles. The standard InChI is InChI=1S/C15H16N4O/c1-10-4-12(5-11(2)15(10)20-3)8-17-14-6-13(7-16)18-9-19-14/h4-6,9H,8H2,1-3H3,(H,17,18,19). The minimum absolute atomic E-state index is 0.351. The van der Waals surface area contributed by atoms with Crippen molar-refractivity contribution >= 4 is 5.82 Å². The van der Waals surface area contributed by atoms with Crippen LogP contribution in [0.3, 0.4) is 0 Å². The molecule has 0 unspecified atom stereocenters. The van der Waals surface area contributed by atoms with Crippen molar-refractivity contribution in [2.45, 2.75) is 20.4 Å². The number of hydrogen-bond donors (Lipinski definition) is 1. The minimum Gasteiger partial charge on any atom is -0.496 e. The van der Waals surface area contributed by atoms with Crippen molar-refractivity contribution in [2.24, 2.45) is 0 Å². The summed E-state index contributed by atoms with van der Waals surface area (Å²) in [6.07, 6.45) is 1.38. The van der Waals surface area contributed by atoms with Crippen LogP contribution in [0.1, 0.15) is 22.4 Å². The van der Waals surface area contributed by atoms with Crippen LogP contribution in [0.2, 0.25) is 0 Å². The molecule has 1 aromatic heterocycles. The summed E-state index contributed by atoms with van der Waals surface area (Å²) >= 11 is 0. The van der Waals surface area contributed by atoms with E-state index in [-0.39, 0.29) is 0 Å². The summed E-state index contributed by atoms with van der Waals surface area (Å²) < 4.78 is 5.35. The molecular formula is C15H16N4O. The normalized spacial score (nSPS) is 9.90. The molecule has 5 nitrogen and oxygen atoms in total. The van der Waals surface area contributed by atoms with Gasteiger partial charge in [-0.25, -0.2) is 9.97 Å². The number of rotatable bonds is 4. The number of hydrogen-bond acceptors (Lipinski definition) is 5. The van der Waals surface area contributed by atoms with E-state index in [2.05, 4.69) is 27.4 Å². The topological polar surface area (TPSA) is 70.8 Å². The number of nitrogens with zero attached hydrogens (tertiary/aromatic N) is 3. The van der Waals surface area contributed by atoms with Crippen LogP contribution >= 0.6 is 0 Å². The van der Waals surface area contributed by atoms with Crippen LogP contribution in [-0.4, -0.2) is 17.1 Å². The van der Waals surface area contributed by atoms with Gasteiger partial charge in [-0.3, -0.25) is 0 Å². The van der Waals surface area contributed by atoms with E-state index in [1.807, 2.05) is 19.9 Å². The lowest BCUT2D eigenvalue weighted by Crippen LogP contribution is -2.03. The average molecular weight is 268 g/mol. The van der Waals surface area contributed by atoms with Crippen molar-refractivity contribution in [2.75, 3.05) is 12.4 Å². The highest BCUT2D eigenvalue weighted by Gasteiger charge is 2.05. The first kappa shape index (κ1) is 13.8. The fraction of sp³-hybridized carbons (Fsp3) is 0.267. The predicted octanol–water partition coefficient (Wildman–Crippen LogP) is 2.59. The molecule has 2 aromatic rings. The van der Waals surface area contributed by atoms with Crippen LogP contribution in [0.4, 0.5) is 5.82 Å². The summed E-state index contributed by atoms with van der Waals surface area (Å²) in [7, 11) is 1.68. The number of nitrogens with one attached hydrogen (secondary N) is 1. The molecule has 5 heteroatoms. The monoisotopic (exact) mass is 268 g/mol. The minimum atomic E-state index is 0.351. The smallest absolute Gasteiger partial charge is 0.145 e. The molecule has 0 aliphatic carbocycles. The third-order valence-corrected chi connectivity index (χ3v) is 2.98. The van der Waals surface area contributed by atoms with E-state index in [0.717, 1.165) is 22.4 Å². The molecule has 1 aromatic carbocycles. The second-order valence-electron chi connectivity index (χ2n) is 4.52. The van der Waals surface area contributed by atoms with Crippen LogP contribution in [0.5, 0.6) is 5.75 Å². The van der Waals surface area contributed by atoms with Gasteiger partial charge in [0.05, 0.1) is 7.11 Å². The Kier molecular flexibility index (Phi) is 4.16. The summed E-state index contributed by atoms with van der Waals surface area (Å²) in [6.45, 7) is 4.68. The third-order valence-electron chi connectivity index (χ3n) is 2.98. The second kappa shape index (κ2) is 6.02. The summed E-state index contributed by atoms with van der Waals surface area (Å²) in [5.74, 6) is 1.56. The van der Waals surface area contributed by atoms with Gasteiger partial charge < -0.3 is 10.1 Å². The van der Waals surface area contributed by atoms with Crippen molar-refractivity contribution in [1.29, 1.82) is 5.26 Å². The van der Waals surface area contributed by atoms with Crippen molar-refractivity contribution in [3.63, 3.8) is 0 Å². The molecular weight excluding hydrogens is 252 g/mol. The molecule has 2 rings (SSSR count). The Hall–Kier alpha value is -2.61. The Balaban J connectivity index is 2.13. The molecule has 0 aliphatic rings. The second-order valence-corrected chi connectivity index (χ2v) is 4.52. The number of aryl methyl sites for hydroxylation is 2. The third kappa shape index (κ3) is 3.04. The lowest BCUT2D eigenvalue weighted by Gasteiger charge is -2.12. The fourth-order valence-corrected chi connectivity index (χ4v) is 2.17.